The van der Waals surface area contributed by atoms with Crippen molar-refractivity contribution in [1.82, 2.24) is 9.88 Å². The largest absolute Gasteiger partial charge is 0.515 e. The van der Waals surface area contributed by atoms with Crippen LogP contribution in [0.25, 0.3) is 10.9 Å². The van der Waals surface area contributed by atoms with Gasteiger partial charge in [0.05, 0.1) is 31.0 Å². The maximum atomic E-state index is 12.2. The molecule has 2 atom stereocenters. The molecule has 0 saturated heterocycles. The first kappa shape index (κ1) is 33.2. The quantitative estimate of drug-likeness (QED) is 0.165. The molecule has 0 aliphatic heterocycles. The maximum absolute atomic E-state index is 12.2. The van der Waals surface area contributed by atoms with Crippen LogP contribution < -0.4 is 14.8 Å². The summed E-state index contributed by atoms with van der Waals surface area (Å²) in [6, 6.07) is 22.1. The van der Waals surface area contributed by atoms with E-state index in [4.69, 9.17) is 21.1 Å². The Bertz CT molecular complexity index is 1610. The number of hydrogen-bond acceptors (Lipinski definition) is 7. The lowest BCUT2D eigenvalue weighted by Gasteiger charge is -2.18. The van der Waals surface area contributed by atoms with E-state index in [-0.39, 0.29) is 25.1 Å². The van der Waals surface area contributed by atoms with E-state index in [0.717, 1.165) is 33.8 Å². The van der Waals surface area contributed by atoms with Crippen molar-refractivity contribution in [3.05, 3.63) is 94.5 Å². The van der Waals surface area contributed by atoms with E-state index in [0.29, 0.717) is 36.1 Å². The van der Waals surface area contributed by atoms with E-state index in [1.807, 2.05) is 41.0 Å². The Hall–Kier alpha value is -3.28. The third-order valence-corrected chi connectivity index (χ3v) is 7.25. The monoisotopic (exact) mass is 635 g/mol. The standard InChI is InChI=1S/C30H34ClN3O6S.ClH/c1-4-39-30(36)40-29-17-24-15-22(14-20(2)32-18-28(35)23-6-5-7-25(31)16-23)10-13-27(24)34(29)19-21-8-11-26(12-9-21)33-41(3,37)38;/h5-13,15-17,20,28,32-33,35H,4,14,18-19H2,1-3H3;1H/t20-,28+;/m1./s1. The molecule has 3 aromatic carbocycles. The summed E-state index contributed by atoms with van der Waals surface area (Å²) in [5.74, 6) is 0.338. The van der Waals surface area contributed by atoms with E-state index in [1.54, 1.807) is 37.3 Å². The molecule has 9 nitrogen and oxygen atoms in total. The summed E-state index contributed by atoms with van der Waals surface area (Å²) in [6.07, 6.45) is 0.347. The van der Waals surface area contributed by atoms with Crippen LogP contribution in [0.5, 0.6) is 5.88 Å². The number of anilines is 1. The van der Waals surface area contributed by atoms with E-state index < -0.39 is 22.3 Å². The Kier molecular flexibility index (Phi) is 11.7. The second kappa shape index (κ2) is 14.8. The van der Waals surface area contributed by atoms with Gasteiger partial charge in [0.1, 0.15) is 0 Å². The molecule has 226 valence electrons. The Labute approximate surface area is 257 Å². The van der Waals surface area contributed by atoms with Gasteiger partial charge in [-0.1, -0.05) is 41.9 Å². The summed E-state index contributed by atoms with van der Waals surface area (Å²) in [5.41, 5.74) is 4.05. The molecule has 0 radical (unpaired) electrons. The molecular weight excluding hydrogens is 601 g/mol. The van der Waals surface area contributed by atoms with Gasteiger partial charge in [-0.05, 0) is 73.4 Å². The topological polar surface area (TPSA) is 119 Å². The summed E-state index contributed by atoms with van der Waals surface area (Å²) >= 11 is 6.05. The van der Waals surface area contributed by atoms with Crippen LogP contribution >= 0.6 is 24.0 Å². The van der Waals surface area contributed by atoms with Crippen LogP contribution in [0.15, 0.2) is 72.8 Å². The number of halogens is 2. The molecule has 0 aliphatic carbocycles. The van der Waals surface area contributed by atoms with Gasteiger partial charge in [-0.2, -0.15) is 0 Å². The molecule has 4 rings (SSSR count). The number of benzene rings is 3. The molecule has 0 bridgehead atoms. The van der Waals surface area contributed by atoms with Crippen LogP contribution in [-0.2, 0) is 27.7 Å². The number of carbonyl (C=O) groups is 1. The molecule has 1 heterocycles. The van der Waals surface area contributed by atoms with E-state index in [9.17, 15) is 18.3 Å². The molecule has 0 spiro atoms. The second-order valence-electron chi connectivity index (χ2n) is 9.90. The van der Waals surface area contributed by atoms with Gasteiger partial charge in [0.25, 0.3) is 0 Å². The summed E-state index contributed by atoms with van der Waals surface area (Å²) in [6.45, 7) is 4.72. The number of rotatable bonds is 12. The first-order valence-corrected chi connectivity index (χ1v) is 15.5. The highest BCUT2D eigenvalue weighted by Crippen LogP contribution is 2.29. The summed E-state index contributed by atoms with van der Waals surface area (Å²) in [5, 5.41) is 15.4. The number of nitrogens with one attached hydrogen (secondary N) is 2. The molecule has 0 amide bonds. The Morgan fingerprint density at radius 1 is 1.05 bits per heavy atom. The SMILES string of the molecule is CCOC(=O)Oc1cc2cc(C[C@@H](C)NC[C@H](O)c3cccc(Cl)c3)ccc2n1Cc1ccc(NS(C)(=O)=O)cc1.Cl. The summed E-state index contributed by atoms with van der Waals surface area (Å²) in [4.78, 5) is 12.2. The Morgan fingerprint density at radius 2 is 1.76 bits per heavy atom. The zero-order chi connectivity index (χ0) is 29.6. The van der Waals surface area contributed by atoms with Crippen molar-refractivity contribution in [1.29, 1.82) is 0 Å². The van der Waals surface area contributed by atoms with Crippen molar-refractivity contribution in [2.24, 2.45) is 0 Å². The molecule has 4 aromatic rings. The predicted molar refractivity (Wildman–Crippen MR) is 168 cm³/mol. The Morgan fingerprint density at radius 3 is 2.43 bits per heavy atom. The van der Waals surface area contributed by atoms with Crippen molar-refractivity contribution in [2.45, 2.75) is 39.0 Å². The lowest BCUT2D eigenvalue weighted by molar-refractivity contribution is 0.101. The van der Waals surface area contributed by atoms with Crippen LogP contribution in [0.3, 0.4) is 0 Å². The number of aliphatic hydroxyl groups is 1. The van der Waals surface area contributed by atoms with Crippen molar-refractivity contribution >= 4 is 56.8 Å². The number of carbonyl (C=O) groups excluding carboxylic acids is 1. The highest BCUT2D eigenvalue weighted by Gasteiger charge is 2.17. The molecule has 0 saturated carbocycles. The number of aromatic nitrogens is 1. The van der Waals surface area contributed by atoms with Crippen molar-refractivity contribution in [2.75, 3.05) is 24.1 Å². The average molecular weight is 637 g/mol. The van der Waals surface area contributed by atoms with Gasteiger partial charge in [-0.3, -0.25) is 4.72 Å². The highest BCUT2D eigenvalue weighted by atomic mass is 35.5. The molecular formula is C30H35Cl2N3O6S. The number of fused-ring (bicyclic) bond motifs is 1. The zero-order valence-electron chi connectivity index (χ0n) is 23.5. The van der Waals surface area contributed by atoms with Crippen molar-refractivity contribution < 1.29 is 27.8 Å². The van der Waals surface area contributed by atoms with E-state index >= 15 is 0 Å². The summed E-state index contributed by atoms with van der Waals surface area (Å²) < 4.78 is 37.9. The molecule has 0 unspecified atom stereocenters. The van der Waals surface area contributed by atoms with Gasteiger partial charge in [0, 0.05) is 34.7 Å². The Balaban J connectivity index is 0.00000484. The van der Waals surface area contributed by atoms with Crippen LogP contribution in [-0.4, -0.2) is 49.7 Å². The van der Waals surface area contributed by atoms with Gasteiger partial charge in [0.2, 0.25) is 15.9 Å². The van der Waals surface area contributed by atoms with Crippen LogP contribution in [0.1, 0.15) is 36.6 Å². The fourth-order valence-corrected chi connectivity index (χ4v) is 5.31. The first-order valence-electron chi connectivity index (χ1n) is 13.2. The summed E-state index contributed by atoms with van der Waals surface area (Å²) in [7, 11) is -3.38. The van der Waals surface area contributed by atoms with Gasteiger partial charge in [-0.25, -0.2) is 13.2 Å². The maximum Gasteiger partial charge on any atom is 0.515 e. The smallest absolute Gasteiger partial charge is 0.434 e. The number of aliphatic hydroxyl groups excluding tert-OH is 1. The highest BCUT2D eigenvalue weighted by molar-refractivity contribution is 7.92. The lowest BCUT2D eigenvalue weighted by atomic mass is 10.0. The van der Waals surface area contributed by atoms with Crippen LogP contribution in [0, 0.1) is 0 Å². The van der Waals surface area contributed by atoms with Gasteiger partial charge in [-0.15, -0.1) is 12.4 Å². The molecule has 0 aliphatic rings. The molecule has 3 N–H and O–H groups in total. The molecule has 0 fully saturated rings. The zero-order valence-corrected chi connectivity index (χ0v) is 25.9. The first-order chi connectivity index (χ1) is 19.5. The minimum absolute atomic E-state index is 0. The van der Waals surface area contributed by atoms with Gasteiger partial charge >= 0.3 is 6.16 Å². The van der Waals surface area contributed by atoms with Crippen LogP contribution in [0.2, 0.25) is 5.02 Å². The minimum atomic E-state index is -3.38. The second-order valence-corrected chi connectivity index (χ2v) is 12.1. The fourth-order valence-electron chi connectivity index (χ4n) is 4.55. The number of ether oxygens (including phenoxy) is 2. The number of sulfonamides is 1. The van der Waals surface area contributed by atoms with Crippen molar-refractivity contribution in [3.8, 4) is 5.88 Å². The van der Waals surface area contributed by atoms with Crippen LogP contribution in [0.4, 0.5) is 10.5 Å². The van der Waals surface area contributed by atoms with Gasteiger partial charge in [0.15, 0.2) is 0 Å². The molecule has 1 aromatic heterocycles. The van der Waals surface area contributed by atoms with Gasteiger partial charge < -0.3 is 24.5 Å². The average Bonchev–Trinajstić information content (AvgIpc) is 3.23. The number of nitrogens with zero attached hydrogens (tertiary/aromatic N) is 1. The van der Waals surface area contributed by atoms with Crippen molar-refractivity contribution in [3.63, 3.8) is 0 Å². The normalized spacial score (nSPS) is 12.8. The predicted octanol–water partition coefficient (Wildman–Crippen LogP) is 5.93. The molecule has 42 heavy (non-hydrogen) atoms. The lowest BCUT2D eigenvalue weighted by Crippen LogP contribution is -2.32. The van der Waals surface area contributed by atoms with E-state index in [2.05, 4.69) is 23.0 Å². The minimum Gasteiger partial charge on any atom is -0.434 e. The molecule has 12 heteroatoms. The fraction of sp³-hybridized carbons (Fsp3) is 0.300. The third kappa shape index (κ3) is 9.37. The van der Waals surface area contributed by atoms with E-state index in [1.165, 1.54) is 0 Å². The third-order valence-electron chi connectivity index (χ3n) is 6.41. The number of hydrogen-bond donors (Lipinski definition) is 3.